The van der Waals surface area contributed by atoms with E-state index in [9.17, 15) is 20.2 Å². The van der Waals surface area contributed by atoms with Gasteiger partial charge in [0, 0.05) is 24.3 Å². The van der Waals surface area contributed by atoms with Gasteiger partial charge in [-0.15, -0.1) is 0 Å². The Morgan fingerprint density at radius 3 is 1.46 bits per heavy atom. The lowest BCUT2D eigenvalue weighted by molar-refractivity contribution is -0.385. The molecule has 0 saturated heterocycles. The van der Waals surface area contributed by atoms with Crippen LogP contribution in [0.3, 0.4) is 0 Å². The maximum absolute atomic E-state index is 11.0. The Morgan fingerprint density at radius 2 is 1.07 bits per heavy atom. The first kappa shape index (κ1) is 15.9. The highest BCUT2D eigenvalue weighted by Gasteiger charge is 2.21. The van der Waals surface area contributed by atoms with Crippen molar-refractivity contribution in [3.05, 3.63) is 79.5 Å². The zero-order valence-corrected chi connectivity index (χ0v) is 13.9. The molecule has 10 nitrogen and oxygen atoms in total. The van der Waals surface area contributed by atoms with Crippen molar-refractivity contribution in [2.24, 2.45) is 9.98 Å². The molecule has 0 N–H and O–H groups in total. The maximum atomic E-state index is 11.0. The Hall–Kier alpha value is -4.34. The van der Waals surface area contributed by atoms with Crippen LogP contribution in [0.2, 0.25) is 0 Å². The average molecular weight is 376 g/mol. The quantitative estimate of drug-likeness (QED) is 0.342. The lowest BCUT2D eigenvalue weighted by atomic mass is 10.2. The van der Waals surface area contributed by atoms with Crippen LogP contribution in [-0.2, 0) is 0 Å². The van der Waals surface area contributed by atoms with E-state index in [-0.39, 0.29) is 22.9 Å². The summed E-state index contributed by atoms with van der Waals surface area (Å²) in [5.74, 6) is 1.30. The SMILES string of the molecule is O=[N+]([O-])c1ccc2c(c1)Oc1cc3c(cc1=N2)Oc1cc([N+](=O)[O-])ccc1N=3. The molecule has 0 spiro atoms. The van der Waals surface area contributed by atoms with Gasteiger partial charge in [-0.3, -0.25) is 20.2 Å². The van der Waals surface area contributed by atoms with Gasteiger partial charge < -0.3 is 9.47 Å². The van der Waals surface area contributed by atoms with Crippen molar-refractivity contribution in [2.75, 3.05) is 0 Å². The van der Waals surface area contributed by atoms with E-state index in [4.69, 9.17) is 9.47 Å². The van der Waals surface area contributed by atoms with E-state index < -0.39 is 9.85 Å². The van der Waals surface area contributed by atoms with Gasteiger partial charge in [-0.2, -0.15) is 0 Å². The highest BCUT2D eigenvalue weighted by atomic mass is 16.6. The van der Waals surface area contributed by atoms with Gasteiger partial charge in [0.05, 0.1) is 22.0 Å². The maximum Gasteiger partial charge on any atom is 0.273 e. The number of nitro benzene ring substituents is 2. The fourth-order valence-electron chi connectivity index (χ4n) is 2.95. The fraction of sp³-hybridized carbons (Fsp3) is 0. The van der Waals surface area contributed by atoms with Gasteiger partial charge in [-0.05, 0) is 12.1 Å². The van der Waals surface area contributed by atoms with Crippen LogP contribution in [0.15, 0.2) is 58.5 Å². The van der Waals surface area contributed by atoms with Crippen molar-refractivity contribution >= 4 is 22.7 Å². The molecule has 10 heteroatoms. The molecule has 0 aliphatic carbocycles. The van der Waals surface area contributed by atoms with Gasteiger partial charge >= 0.3 is 0 Å². The molecule has 0 bridgehead atoms. The Bertz CT molecular complexity index is 1230. The third kappa shape index (κ3) is 2.43. The fourth-order valence-corrected chi connectivity index (χ4v) is 2.95. The summed E-state index contributed by atoms with van der Waals surface area (Å²) in [6.07, 6.45) is 0. The Balaban J connectivity index is 1.63. The van der Waals surface area contributed by atoms with E-state index in [0.29, 0.717) is 33.6 Å². The number of non-ortho nitro benzene ring substituents is 2. The highest BCUT2D eigenvalue weighted by molar-refractivity contribution is 5.62. The second-order valence-corrected chi connectivity index (χ2v) is 6.03. The monoisotopic (exact) mass is 376 g/mol. The zero-order valence-electron chi connectivity index (χ0n) is 13.9. The van der Waals surface area contributed by atoms with Crippen molar-refractivity contribution in [1.82, 2.24) is 0 Å². The van der Waals surface area contributed by atoms with E-state index in [1.165, 1.54) is 36.4 Å². The first-order chi connectivity index (χ1) is 13.5. The molecule has 2 aliphatic rings. The topological polar surface area (TPSA) is 129 Å². The highest BCUT2D eigenvalue weighted by Crippen LogP contribution is 2.39. The second-order valence-electron chi connectivity index (χ2n) is 6.03. The average Bonchev–Trinajstić information content (AvgIpc) is 2.68. The van der Waals surface area contributed by atoms with Gasteiger partial charge in [0.2, 0.25) is 0 Å². The van der Waals surface area contributed by atoms with Crippen LogP contribution in [0.25, 0.3) is 0 Å². The minimum atomic E-state index is -0.509. The number of ether oxygens (including phenoxy) is 2. The third-order valence-electron chi connectivity index (χ3n) is 4.27. The second kappa shape index (κ2) is 5.58. The predicted octanol–water partition coefficient (Wildman–Crippen LogP) is 3.62. The van der Waals surface area contributed by atoms with Crippen LogP contribution in [-0.4, -0.2) is 9.85 Å². The zero-order chi connectivity index (χ0) is 19.4. The first-order valence-corrected chi connectivity index (χ1v) is 8.02. The molecule has 2 aliphatic heterocycles. The first-order valence-electron chi connectivity index (χ1n) is 8.02. The molecule has 0 unspecified atom stereocenters. The molecule has 0 atom stereocenters. The molecule has 28 heavy (non-hydrogen) atoms. The van der Waals surface area contributed by atoms with Crippen LogP contribution in [0.5, 0.6) is 23.0 Å². The summed E-state index contributed by atoms with van der Waals surface area (Å²) in [5.41, 5.74) is 0.696. The summed E-state index contributed by atoms with van der Waals surface area (Å²) in [5, 5.41) is 22.8. The summed E-state index contributed by atoms with van der Waals surface area (Å²) in [7, 11) is 0. The van der Waals surface area contributed by atoms with Crippen LogP contribution < -0.4 is 20.2 Å². The lowest BCUT2D eigenvalue weighted by Crippen LogP contribution is -2.18. The van der Waals surface area contributed by atoms with E-state index in [2.05, 4.69) is 9.98 Å². The van der Waals surface area contributed by atoms with E-state index in [0.717, 1.165) is 0 Å². The van der Waals surface area contributed by atoms with E-state index in [1.54, 1.807) is 12.1 Å². The molecule has 0 amide bonds. The molecular weight excluding hydrogens is 368 g/mol. The van der Waals surface area contributed by atoms with Crippen molar-refractivity contribution in [3.63, 3.8) is 0 Å². The largest absolute Gasteiger partial charge is 0.452 e. The van der Waals surface area contributed by atoms with Gasteiger partial charge in [0.1, 0.15) is 22.1 Å². The van der Waals surface area contributed by atoms with E-state index >= 15 is 0 Å². The Labute approximate surface area is 155 Å². The molecule has 2 heterocycles. The molecule has 0 saturated carbocycles. The van der Waals surface area contributed by atoms with Crippen LogP contribution in [0, 0.1) is 20.2 Å². The van der Waals surface area contributed by atoms with Crippen molar-refractivity contribution < 1.29 is 19.3 Å². The normalized spacial score (nSPS) is 12.6. The van der Waals surface area contributed by atoms with Crippen LogP contribution >= 0.6 is 0 Å². The summed E-state index contributed by atoms with van der Waals surface area (Å²) in [6, 6.07) is 11.5. The smallest absolute Gasteiger partial charge is 0.273 e. The molecule has 3 aromatic carbocycles. The number of nitro groups is 2. The van der Waals surface area contributed by atoms with Crippen molar-refractivity contribution in [1.29, 1.82) is 0 Å². The van der Waals surface area contributed by atoms with Crippen molar-refractivity contribution in [3.8, 4) is 23.0 Å². The van der Waals surface area contributed by atoms with Crippen molar-refractivity contribution in [2.45, 2.75) is 0 Å². The number of hydrogen-bond acceptors (Lipinski definition) is 8. The molecule has 5 rings (SSSR count). The third-order valence-corrected chi connectivity index (χ3v) is 4.27. The van der Waals surface area contributed by atoms with Crippen LogP contribution in [0.1, 0.15) is 0 Å². The molecular formula is C18H8N4O6. The summed E-state index contributed by atoms with van der Waals surface area (Å²) in [4.78, 5) is 29.8. The van der Waals surface area contributed by atoms with Crippen LogP contribution in [0.4, 0.5) is 22.7 Å². The molecule has 0 radical (unpaired) electrons. The summed E-state index contributed by atoms with van der Waals surface area (Å²) >= 11 is 0. The molecule has 0 fully saturated rings. The Kier molecular flexibility index (Phi) is 3.16. The van der Waals surface area contributed by atoms with Gasteiger partial charge in [0.15, 0.2) is 23.0 Å². The number of nitrogens with zero attached hydrogens (tertiary/aromatic N) is 4. The van der Waals surface area contributed by atoms with Gasteiger partial charge in [-0.1, -0.05) is 0 Å². The number of rotatable bonds is 2. The molecule has 0 aromatic heterocycles. The standard InChI is InChI=1S/C18H8N4O6/c23-21(24)9-1-3-11-15(5-9)27-17-8-14-18(7-13(17)19-11)28-16-6-10(22(25)26)2-4-12(16)20-14/h1-8H. The predicted molar refractivity (Wildman–Crippen MR) is 94.4 cm³/mol. The molecule has 3 aromatic rings. The minimum Gasteiger partial charge on any atom is -0.452 e. The summed E-state index contributed by atoms with van der Waals surface area (Å²) in [6.45, 7) is 0. The number of fused-ring (bicyclic) bond motifs is 4. The van der Waals surface area contributed by atoms with Gasteiger partial charge in [-0.25, -0.2) is 9.98 Å². The molecule has 136 valence electrons. The number of benzene rings is 3. The number of hydrogen-bond donors (Lipinski definition) is 0. The Morgan fingerprint density at radius 1 is 0.643 bits per heavy atom. The summed E-state index contributed by atoms with van der Waals surface area (Å²) < 4.78 is 11.5. The minimum absolute atomic E-state index is 0.0982. The van der Waals surface area contributed by atoms with Gasteiger partial charge in [0.25, 0.3) is 11.4 Å². The lowest BCUT2D eigenvalue weighted by Gasteiger charge is -2.17. The van der Waals surface area contributed by atoms with E-state index in [1.807, 2.05) is 0 Å².